The number of aromatic nitrogens is 2. The zero-order valence-electron chi connectivity index (χ0n) is 15.3. The molecule has 1 heterocycles. The number of fused-ring (bicyclic) bond motifs is 1. The predicted octanol–water partition coefficient (Wildman–Crippen LogP) is 4.39. The molecule has 0 aliphatic carbocycles. The zero-order valence-corrected chi connectivity index (χ0v) is 15.3. The minimum Gasteiger partial charge on any atom is -0.375 e. The van der Waals surface area contributed by atoms with E-state index in [1.807, 2.05) is 30.3 Å². The normalized spacial score (nSPS) is 10.7. The first kappa shape index (κ1) is 18.8. The van der Waals surface area contributed by atoms with E-state index < -0.39 is 9.85 Å². The lowest BCUT2D eigenvalue weighted by Gasteiger charge is -2.11. The van der Waals surface area contributed by atoms with Gasteiger partial charge in [0, 0.05) is 24.4 Å². The van der Waals surface area contributed by atoms with Crippen LogP contribution in [0, 0.1) is 20.2 Å². The van der Waals surface area contributed by atoms with Gasteiger partial charge in [-0.05, 0) is 28.0 Å². The van der Waals surface area contributed by atoms with Gasteiger partial charge in [0.1, 0.15) is 5.69 Å². The SMILES string of the molecule is O=[N+]([O-])c1cccc(Nc2cc(NCc3ccccc3)c([N+](=O)[O-])c3nonc23)c1. The van der Waals surface area contributed by atoms with Crippen LogP contribution in [0.1, 0.15) is 5.56 Å². The molecule has 0 radical (unpaired) electrons. The fourth-order valence-corrected chi connectivity index (χ4v) is 2.99. The lowest BCUT2D eigenvalue weighted by molar-refractivity contribution is -0.384. The summed E-state index contributed by atoms with van der Waals surface area (Å²) in [5, 5.41) is 36.2. The van der Waals surface area contributed by atoms with Crippen LogP contribution in [-0.4, -0.2) is 20.2 Å². The summed E-state index contributed by atoms with van der Waals surface area (Å²) in [4.78, 5) is 21.6. The number of nitro benzene ring substituents is 2. The van der Waals surface area contributed by atoms with Gasteiger partial charge in [0.05, 0.1) is 15.5 Å². The molecule has 1 aromatic heterocycles. The van der Waals surface area contributed by atoms with Crippen molar-refractivity contribution >= 4 is 39.5 Å². The molecule has 2 N–H and O–H groups in total. The molecule has 30 heavy (non-hydrogen) atoms. The monoisotopic (exact) mass is 406 g/mol. The molecular weight excluding hydrogens is 392 g/mol. The Morgan fingerprint density at radius 2 is 1.63 bits per heavy atom. The smallest absolute Gasteiger partial charge is 0.323 e. The summed E-state index contributed by atoms with van der Waals surface area (Å²) in [6, 6.07) is 16.8. The molecule has 4 aromatic rings. The molecule has 0 saturated carbocycles. The fraction of sp³-hybridized carbons (Fsp3) is 0.0526. The average Bonchev–Trinajstić information content (AvgIpc) is 3.22. The maximum absolute atomic E-state index is 11.7. The minimum absolute atomic E-state index is 0.0361. The average molecular weight is 406 g/mol. The highest BCUT2D eigenvalue weighted by Crippen LogP contribution is 2.38. The van der Waals surface area contributed by atoms with Crippen molar-refractivity contribution in [1.82, 2.24) is 10.3 Å². The molecule has 0 atom stereocenters. The fourth-order valence-electron chi connectivity index (χ4n) is 2.99. The van der Waals surface area contributed by atoms with E-state index in [0.717, 1.165) is 5.56 Å². The Bertz CT molecular complexity index is 1240. The second-order valence-electron chi connectivity index (χ2n) is 6.31. The number of anilines is 3. The molecule has 4 rings (SSSR count). The summed E-state index contributed by atoms with van der Waals surface area (Å²) in [6.07, 6.45) is 0. The van der Waals surface area contributed by atoms with Gasteiger partial charge >= 0.3 is 5.69 Å². The van der Waals surface area contributed by atoms with Gasteiger partial charge in [-0.15, -0.1) is 0 Å². The second kappa shape index (κ2) is 7.83. The topological polar surface area (TPSA) is 149 Å². The maximum atomic E-state index is 11.7. The quantitative estimate of drug-likeness (QED) is 0.336. The van der Waals surface area contributed by atoms with Crippen LogP contribution in [0.4, 0.5) is 28.4 Å². The maximum Gasteiger partial charge on any atom is 0.323 e. The molecule has 0 aliphatic rings. The lowest BCUT2D eigenvalue weighted by atomic mass is 10.1. The van der Waals surface area contributed by atoms with E-state index in [4.69, 9.17) is 4.63 Å². The van der Waals surface area contributed by atoms with E-state index in [1.54, 1.807) is 6.07 Å². The molecule has 0 bridgehead atoms. The standard InChI is InChI=1S/C19H14N6O5/c26-24(27)14-8-4-7-13(9-14)21-15-10-16(20-11-12-5-2-1-3-6-12)19(25(28)29)18-17(15)22-30-23-18/h1-10,20-21H,11H2. The summed E-state index contributed by atoms with van der Waals surface area (Å²) in [5.41, 5.74) is 1.64. The number of benzene rings is 3. The van der Waals surface area contributed by atoms with Crippen LogP contribution < -0.4 is 10.6 Å². The highest BCUT2D eigenvalue weighted by Gasteiger charge is 2.26. The minimum atomic E-state index is -0.559. The third-order valence-corrected chi connectivity index (χ3v) is 4.36. The van der Waals surface area contributed by atoms with Crippen LogP contribution in [0.3, 0.4) is 0 Å². The first-order valence-corrected chi connectivity index (χ1v) is 8.76. The van der Waals surface area contributed by atoms with Gasteiger partial charge in [-0.3, -0.25) is 20.2 Å². The summed E-state index contributed by atoms with van der Waals surface area (Å²) in [6.45, 7) is 0.342. The molecular formula is C19H14N6O5. The number of rotatable bonds is 7. The molecule has 0 amide bonds. The third kappa shape index (κ3) is 3.71. The van der Waals surface area contributed by atoms with Crippen molar-refractivity contribution in [2.24, 2.45) is 0 Å². The molecule has 0 saturated heterocycles. The Kier molecular flexibility index (Phi) is 4.91. The van der Waals surface area contributed by atoms with E-state index in [9.17, 15) is 20.2 Å². The molecule has 3 aromatic carbocycles. The van der Waals surface area contributed by atoms with Crippen molar-refractivity contribution in [3.63, 3.8) is 0 Å². The molecule has 0 unspecified atom stereocenters. The Balaban J connectivity index is 1.75. The third-order valence-electron chi connectivity index (χ3n) is 4.36. The summed E-state index contributed by atoms with van der Waals surface area (Å²) >= 11 is 0. The Labute approximate surface area is 168 Å². The second-order valence-corrected chi connectivity index (χ2v) is 6.31. The van der Waals surface area contributed by atoms with E-state index in [1.165, 1.54) is 24.3 Å². The van der Waals surface area contributed by atoms with E-state index >= 15 is 0 Å². The highest BCUT2D eigenvalue weighted by molar-refractivity contribution is 6.00. The van der Waals surface area contributed by atoms with Gasteiger partial charge in [-0.2, -0.15) is 0 Å². The lowest BCUT2D eigenvalue weighted by Crippen LogP contribution is -2.05. The number of hydrogen-bond acceptors (Lipinski definition) is 9. The molecule has 0 spiro atoms. The van der Waals surface area contributed by atoms with Crippen molar-refractivity contribution in [2.45, 2.75) is 6.54 Å². The van der Waals surface area contributed by atoms with Gasteiger partial charge < -0.3 is 10.6 Å². The van der Waals surface area contributed by atoms with Gasteiger partial charge in [0.15, 0.2) is 5.52 Å². The van der Waals surface area contributed by atoms with Crippen molar-refractivity contribution in [3.05, 3.63) is 86.5 Å². The van der Waals surface area contributed by atoms with E-state index in [2.05, 4.69) is 20.9 Å². The van der Waals surface area contributed by atoms with Crippen LogP contribution in [0.15, 0.2) is 65.3 Å². The molecule has 150 valence electrons. The molecule has 0 fully saturated rings. The first-order valence-electron chi connectivity index (χ1n) is 8.76. The number of nitrogens with zero attached hydrogens (tertiary/aromatic N) is 4. The predicted molar refractivity (Wildman–Crippen MR) is 109 cm³/mol. The number of nitro groups is 2. The molecule has 0 aliphatic heterocycles. The zero-order chi connectivity index (χ0) is 21.1. The van der Waals surface area contributed by atoms with E-state index in [0.29, 0.717) is 17.9 Å². The van der Waals surface area contributed by atoms with Crippen LogP contribution in [-0.2, 0) is 6.54 Å². The molecule has 11 nitrogen and oxygen atoms in total. The summed E-state index contributed by atoms with van der Waals surface area (Å²) < 4.78 is 4.73. The van der Waals surface area contributed by atoms with Gasteiger partial charge in [0.2, 0.25) is 5.52 Å². The van der Waals surface area contributed by atoms with Crippen molar-refractivity contribution in [2.75, 3.05) is 10.6 Å². The molecule has 11 heteroatoms. The largest absolute Gasteiger partial charge is 0.375 e. The number of non-ortho nitro benzene ring substituents is 1. The van der Waals surface area contributed by atoms with Crippen LogP contribution in [0.5, 0.6) is 0 Å². The summed E-state index contributed by atoms with van der Waals surface area (Å²) in [5.74, 6) is 0. The van der Waals surface area contributed by atoms with Crippen LogP contribution in [0.2, 0.25) is 0 Å². The first-order chi connectivity index (χ1) is 14.5. The number of hydrogen-bond donors (Lipinski definition) is 2. The summed E-state index contributed by atoms with van der Waals surface area (Å²) in [7, 11) is 0. The van der Waals surface area contributed by atoms with Crippen molar-refractivity contribution < 1.29 is 14.5 Å². The Morgan fingerprint density at radius 1 is 0.867 bits per heavy atom. The van der Waals surface area contributed by atoms with E-state index in [-0.39, 0.29) is 28.1 Å². The van der Waals surface area contributed by atoms with Gasteiger partial charge in [-0.1, -0.05) is 36.4 Å². The van der Waals surface area contributed by atoms with Crippen LogP contribution in [0.25, 0.3) is 11.0 Å². The van der Waals surface area contributed by atoms with Crippen molar-refractivity contribution in [3.8, 4) is 0 Å². The van der Waals surface area contributed by atoms with Crippen LogP contribution >= 0.6 is 0 Å². The van der Waals surface area contributed by atoms with Gasteiger partial charge in [0.25, 0.3) is 5.69 Å². The Hall–Kier alpha value is -4.54. The van der Waals surface area contributed by atoms with Gasteiger partial charge in [-0.25, -0.2) is 4.63 Å². The highest BCUT2D eigenvalue weighted by atomic mass is 16.6. The Morgan fingerprint density at radius 3 is 2.37 bits per heavy atom. The van der Waals surface area contributed by atoms with Crippen molar-refractivity contribution in [1.29, 1.82) is 0 Å². The number of nitrogens with one attached hydrogen (secondary N) is 2.